The fraction of sp³-hybridized carbons (Fsp3) is 0.944. The molecule has 21 heavy (non-hydrogen) atoms. The Morgan fingerprint density at radius 1 is 1.24 bits per heavy atom. The minimum Gasteiger partial charge on any atom is -0.350 e. The fourth-order valence-corrected chi connectivity index (χ4v) is 4.36. The third-order valence-corrected chi connectivity index (χ3v) is 5.32. The molecule has 2 N–H and O–H groups in total. The van der Waals surface area contributed by atoms with Crippen LogP contribution in [-0.2, 0) is 4.79 Å². The molecule has 0 radical (unpaired) electrons. The van der Waals surface area contributed by atoms with Crippen LogP contribution in [0.5, 0.6) is 0 Å². The quantitative estimate of drug-likeness (QED) is 0.831. The highest BCUT2D eigenvalue weighted by Crippen LogP contribution is 2.44. The molecular formula is C18H34N2O. The lowest BCUT2D eigenvalue weighted by Crippen LogP contribution is -2.68. The number of nitrogens with one attached hydrogen (secondary N) is 2. The van der Waals surface area contributed by atoms with Gasteiger partial charge in [0, 0.05) is 5.54 Å². The predicted molar refractivity (Wildman–Crippen MR) is 88.2 cm³/mol. The van der Waals surface area contributed by atoms with Gasteiger partial charge in [-0.15, -0.1) is 0 Å². The van der Waals surface area contributed by atoms with Crippen molar-refractivity contribution in [3.05, 3.63) is 0 Å². The zero-order valence-electron chi connectivity index (χ0n) is 14.4. The van der Waals surface area contributed by atoms with Gasteiger partial charge in [-0.05, 0) is 58.4 Å². The van der Waals surface area contributed by atoms with Gasteiger partial charge in [-0.25, -0.2) is 0 Å². The van der Waals surface area contributed by atoms with E-state index in [1.54, 1.807) is 0 Å². The molecule has 3 atom stereocenters. The van der Waals surface area contributed by atoms with E-state index < -0.39 is 0 Å². The monoisotopic (exact) mass is 294 g/mol. The van der Waals surface area contributed by atoms with Crippen LogP contribution in [0.1, 0.15) is 79.1 Å². The Kier molecular flexibility index (Phi) is 5.34. The fourth-order valence-electron chi connectivity index (χ4n) is 4.36. The van der Waals surface area contributed by atoms with Crippen molar-refractivity contribution in [2.45, 2.75) is 90.1 Å². The Morgan fingerprint density at radius 3 is 2.62 bits per heavy atom. The molecule has 3 heteroatoms. The maximum atomic E-state index is 13.1. The van der Waals surface area contributed by atoms with Gasteiger partial charge in [-0.1, -0.05) is 39.0 Å². The summed E-state index contributed by atoms with van der Waals surface area (Å²) in [5.41, 5.74) is -0.466. The average molecular weight is 294 g/mol. The SMILES string of the molecule is CCCCC1(C(=O)NC(C)(C)C)NCCC2CCCCC21. The van der Waals surface area contributed by atoms with E-state index in [4.69, 9.17) is 0 Å². The molecule has 2 rings (SSSR count). The minimum atomic E-state index is -0.313. The smallest absolute Gasteiger partial charge is 0.241 e. The van der Waals surface area contributed by atoms with Crippen molar-refractivity contribution in [1.29, 1.82) is 0 Å². The van der Waals surface area contributed by atoms with Crippen molar-refractivity contribution in [1.82, 2.24) is 10.6 Å². The van der Waals surface area contributed by atoms with Gasteiger partial charge in [0.25, 0.3) is 0 Å². The van der Waals surface area contributed by atoms with Crippen LogP contribution in [0.4, 0.5) is 0 Å². The summed E-state index contributed by atoms with van der Waals surface area (Å²) in [4.78, 5) is 13.1. The summed E-state index contributed by atoms with van der Waals surface area (Å²) in [5, 5.41) is 6.95. The van der Waals surface area contributed by atoms with E-state index in [0.717, 1.165) is 31.7 Å². The molecule has 3 nitrogen and oxygen atoms in total. The van der Waals surface area contributed by atoms with Crippen molar-refractivity contribution in [2.75, 3.05) is 6.54 Å². The summed E-state index contributed by atoms with van der Waals surface area (Å²) in [6, 6.07) is 0. The highest BCUT2D eigenvalue weighted by atomic mass is 16.2. The maximum absolute atomic E-state index is 13.1. The van der Waals surface area contributed by atoms with Gasteiger partial charge in [0.1, 0.15) is 5.54 Å². The molecule has 0 spiro atoms. The summed E-state index contributed by atoms with van der Waals surface area (Å²) in [5.74, 6) is 1.54. The Labute approximate surface area is 130 Å². The van der Waals surface area contributed by atoms with Crippen molar-refractivity contribution < 1.29 is 4.79 Å². The van der Waals surface area contributed by atoms with Crippen molar-refractivity contribution in [2.24, 2.45) is 11.8 Å². The van der Waals surface area contributed by atoms with Crippen LogP contribution in [0.2, 0.25) is 0 Å². The van der Waals surface area contributed by atoms with E-state index >= 15 is 0 Å². The number of rotatable bonds is 4. The normalized spacial score (nSPS) is 33.3. The summed E-state index contributed by atoms with van der Waals surface area (Å²) >= 11 is 0. The largest absolute Gasteiger partial charge is 0.350 e. The van der Waals surface area contributed by atoms with Crippen molar-refractivity contribution in [3.63, 3.8) is 0 Å². The number of carbonyl (C=O) groups is 1. The maximum Gasteiger partial charge on any atom is 0.241 e. The van der Waals surface area contributed by atoms with Gasteiger partial charge in [0.15, 0.2) is 0 Å². The molecule has 1 heterocycles. The van der Waals surface area contributed by atoms with Crippen LogP contribution in [-0.4, -0.2) is 23.5 Å². The van der Waals surface area contributed by atoms with Crippen LogP contribution >= 0.6 is 0 Å². The van der Waals surface area contributed by atoms with Gasteiger partial charge < -0.3 is 10.6 Å². The molecule has 1 amide bonds. The van der Waals surface area contributed by atoms with Crippen LogP contribution < -0.4 is 10.6 Å². The summed E-state index contributed by atoms with van der Waals surface area (Å²) < 4.78 is 0. The molecule has 0 bridgehead atoms. The Balaban J connectivity index is 2.24. The van der Waals surface area contributed by atoms with Crippen LogP contribution in [0.15, 0.2) is 0 Å². The van der Waals surface area contributed by atoms with E-state index in [2.05, 4.69) is 38.3 Å². The second-order valence-corrected chi connectivity index (χ2v) is 8.15. The topological polar surface area (TPSA) is 41.1 Å². The molecule has 2 aliphatic rings. The van der Waals surface area contributed by atoms with Crippen molar-refractivity contribution >= 4 is 5.91 Å². The molecule has 122 valence electrons. The van der Waals surface area contributed by atoms with Gasteiger partial charge >= 0.3 is 0 Å². The number of piperidine rings is 1. The zero-order chi connectivity index (χ0) is 15.5. The van der Waals surface area contributed by atoms with Gasteiger partial charge in [-0.3, -0.25) is 4.79 Å². The number of unbranched alkanes of at least 4 members (excludes halogenated alkanes) is 1. The molecule has 0 aromatic carbocycles. The molecular weight excluding hydrogens is 260 g/mol. The standard InChI is InChI=1S/C18H34N2O/c1-5-6-12-18(16(21)20-17(2,3)4)15-10-8-7-9-14(15)11-13-19-18/h14-15,19H,5-13H2,1-4H3,(H,20,21). The van der Waals surface area contributed by atoms with Crippen LogP contribution in [0.25, 0.3) is 0 Å². The van der Waals surface area contributed by atoms with Gasteiger partial charge in [0.2, 0.25) is 5.91 Å². The van der Waals surface area contributed by atoms with E-state index in [1.165, 1.54) is 32.1 Å². The molecule has 3 unspecified atom stereocenters. The number of hydrogen-bond donors (Lipinski definition) is 2. The average Bonchev–Trinajstić information content (AvgIpc) is 2.43. The predicted octanol–water partition coefficient (Wildman–Crippen LogP) is 3.63. The first-order valence-electron chi connectivity index (χ1n) is 8.97. The lowest BCUT2D eigenvalue weighted by atomic mass is 9.63. The first kappa shape index (κ1) is 16.8. The molecule has 1 saturated heterocycles. The molecule has 1 aliphatic heterocycles. The number of carbonyl (C=O) groups excluding carboxylic acids is 1. The summed E-state index contributed by atoms with van der Waals surface area (Å²) in [6.07, 6.45) is 9.72. The molecule has 0 aromatic heterocycles. The Morgan fingerprint density at radius 2 is 1.95 bits per heavy atom. The van der Waals surface area contributed by atoms with Gasteiger partial charge in [-0.2, -0.15) is 0 Å². The molecule has 0 aromatic rings. The van der Waals surface area contributed by atoms with E-state index in [0.29, 0.717) is 5.92 Å². The first-order chi connectivity index (χ1) is 9.89. The minimum absolute atomic E-state index is 0.153. The number of fused-ring (bicyclic) bond motifs is 1. The van der Waals surface area contributed by atoms with Gasteiger partial charge in [0.05, 0.1) is 0 Å². The summed E-state index contributed by atoms with van der Waals surface area (Å²) in [6.45, 7) is 9.47. The zero-order valence-corrected chi connectivity index (χ0v) is 14.4. The Hall–Kier alpha value is -0.570. The Bertz CT molecular complexity index is 359. The highest BCUT2D eigenvalue weighted by Gasteiger charge is 2.51. The highest BCUT2D eigenvalue weighted by molar-refractivity contribution is 5.87. The second kappa shape index (κ2) is 6.68. The van der Waals surface area contributed by atoms with E-state index in [-0.39, 0.29) is 17.0 Å². The molecule has 2 fully saturated rings. The van der Waals surface area contributed by atoms with Crippen molar-refractivity contribution in [3.8, 4) is 0 Å². The lowest BCUT2D eigenvalue weighted by molar-refractivity contribution is -0.135. The van der Waals surface area contributed by atoms with Crippen LogP contribution in [0, 0.1) is 11.8 Å². The number of hydrogen-bond acceptors (Lipinski definition) is 2. The molecule has 1 aliphatic carbocycles. The van der Waals surface area contributed by atoms with E-state index in [9.17, 15) is 4.79 Å². The van der Waals surface area contributed by atoms with Crippen LogP contribution in [0.3, 0.4) is 0 Å². The second-order valence-electron chi connectivity index (χ2n) is 8.15. The third kappa shape index (κ3) is 3.80. The molecule has 1 saturated carbocycles. The summed E-state index contributed by atoms with van der Waals surface area (Å²) in [7, 11) is 0. The lowest BCUT2D eigenvalue weighted by Gasteiger charge is -2.50. The third-order valence-electron chi connectivity index (χ3n) is 5.32. The number of amides is 1. The van der Waals surface area contributed by atoms with E-state index in [1.807, 2.05) is 0 Å². The first-order valence-corrected chi connectivity index (χ1v) is 8.97.